The molecule has 1 fully saturated rings. The molecule has 0 saturated carbocycles. The maximum atomic E-state index is 11.7. The van der Waals surface area contributed by atoms with Crippen molar-refractivity contribution in [3.63, 3.8) is 0 Å². The summed E-state index contributed by atoms with van der Waals surface area (Å²) in [7, 11) is 0. The second-order valence-electron chi connectivity index (χ2n) is 4.31. The number of hydrogen-bond donors (Lipinski definition) is 0. The van der Waals surface area contributed by atoms with E-state index in [2.05, 4.69) is 6.92 Å². The molecule has 0 N–H and O–H groups in total. The molecule has 1 atom stereocenters. The fourth-order valence-corrected chi connectivity index (χ4v) is 1.88. The molecule has 3 heteroatoms. The fraction of sp³-hybridized carbons (Fsp3) is 0.500. The van der Waals surface area contributed by atoms with Crippen LogP contribution in [0.3, 0.4) is 0 Å². The quantitative estimate of drug-likeness (QED) is 0.783. The zero-order valence-corrected chi connectivity index (χ0v) is 10.1. The largest absolute Gasteiger partial charge is 0.486 e. The number of hydrogen-bond acceptors (Lipinski definition) is 3. The van der Waals surface area contributed by atoms with Gasteiger partial charge in [-0.15, -0.1) is 0 Å². The van der Waals surface area contributed by atoms with Gasteiger partial charge in [-0.1, -0.05) is 19.1 Å². The first-order chi connectivity index (χ1) is 8.29. The van der Waals surface area contributed by atoms with Crippen LogP contribution in [0.5, 0.6) is 5.75 Å². The van der Waals surface area contributed by atoms with E-state index in [9.17, 15) is 4.79 Å². The summed E-state index contributed by atoms with van der Waals surface area (Å²) in [4.78, 5) is 11.7. The average molecular weight is 234 g/mol. The second-order valence-corrected chi connectivity index (χ2v) is 4.31. The molecule has 17 heavy (non-hydrogen) atoms. The van der Waals surface area contributed by atoms with Crippen LogP contribution in [-0.4, -0.2) is 25.6 Å². The van der Waals surface area contributed by atoms with Gasteiger partial charge in [0.05, 0.1) is 6.61 Å². The Labute approximate surface area is 102 Å². The average Bonchev–Trinajstić information content (AvgIpc) is 2.90. The Kier molecular flexibility index (Phi) is 4.15. The third-order valence-electron chi connectivity index (χ3n) is 3.10. The van der Waals surface area contributed by atoms with E-state index < -0.39 is 0 Å². The van der Waals surface area contributed by atoms with Crippen molar-refractivity contribution in [2.24, 2.45) is 5.92 Å². The van der Waals surface area contributed by atoms with Gasteiger partial charge in [-0.05, 0) is 30.5 Å². The first-order valence-corrected chi connectivity index (χ1v) is 6.12. The summed E-state index contributed by atoms with van der Waals surface area (Å²) in [6.45, 7) is 3.51. The number of ether oxygens (including phenoxy) is 2. The second kappa shape index (κ2) is 5.82. The molecule has 0 spiro atoms. The van der Waals surface area contributed by atoms with Crippen LogP contribution in [0, 0.1) is 5.92 Å². The van der Waals surface area contributed by atoms with Gasteiger partial charge in [0.2, 0.25) is 0 Å². The van der Waals surface area contributed by atoms with E-state index in [0.717, 1.165) is 18.6 Å². The summed E-state index contributed by atoms with van der Waals surface area (Å²) in [6.07, 6.45) is 1.84. The smallest absolute Gasteiger partial charge is 0.175 e. The Morgan fingerprint density at radius 2 is 2.18 bits per heavy atom. The van der Waals surface area contributed by atoms with Crippen molar-refractivity contribution < 1.29 is 14.3 Å². The van der Waals surface area contributed by atoms with E-state index >= 15 is 0 Å². The first kappa shape index (κ1) is 12.1. The van der Waals surface area contributed by atoms with Crippen LogP contribution in [0.1, 0.15) is 18.9 Å². The lowest BCUT2D eigenvalue weighted by Gasteiger charge is -2.09. The molecule has 1 heterocycles. The van der Waals surface area contributed by atoms with Gasteiger partial charge in [0.15, 0.2) is 5.78 Å². The zero-order chi connectivity index (χ0) is 12.1. The summed E-state index contributed by atoms with van der Waals surface area (Å²) in [5, 5.41) is 0. The van der Waals surface area contributed by atoms with Gasteiger partial charge in [0.1, 0.15) is 12.4 Å². The number of Topliss-reactive ketones (excluding diaryl/α,β-unsaturated/α-hetero) is 1. The molecule has 1 saturated heterocycles. The third-order valence-corrected chi connectivity index (χ3v) is 3.10. The Balaban J connectivity index is 1.82. The monoisotopic (exact) mass is 234 g/mol. The van der Waals surface area contributed by atoms with Crippen molar-refractivity contribution >= 4 is 5.78 Å². The van der Waals surface area contributed by atoms with E-state index in [1.807, 2.05) is 24.3 Å². The summed E-state index contributed by atoms with van der Waals surface area (Å²) < 4.78 is 10.7. The van der Waals surface area contributed by atoms with Crippen LogP contribution in [0.25, 0.3) is 0 Å². The molecule has 0 aliphatic carbocycles. The molecule has 0 amide bonds. The molecule has 1 aliphatic heterocycles. The van der Waals surface area contributed by atoms with Gasteiger partial charge in [-0.25, -0.2) is 0 Å². The van der Waals surface area contributed by atoms with Crippen LogP contribution >= 0.6 is 0 Å². The van der Waals surface area contributed by atoms with Crippen molar-refractivity contribution in [3.8, 4) is 5.75 Å². The predicted molar refractivity (Wildman–Crippen MR) is 65.2 cm³/mol. The molecule has 92 valence electrons. The van der Waals surface area contributed by atoms with E-state index in [1.165, 1.54) is 5.56 Å². The minimum Gasteiger partial charge on any atom is -0.486 e. The number of carbonyl (C=O) groups excluding carboxylic acids is 1. The molecule has 0 radical (unpaired) electrons. The number of aryl methyl sites for hydroxylation is 1. The molecule has 0 bridgehead atoms. The van der Waals surface area contributed by atoms with Gasteiger partial charge in [0.25, 0.3) is 0 Å². The normalized spacial score (nSPS) is 19.2. The number of carbonyl (C=O) groups is 1. The Morgan fingerprint density at radius 1 is 1.41 bits per heavy atom. The molecule has 1 aliphatic rings. The van der Waals surface area contributed by atoms with Crippen LogP contribution in [0.15, 0.2) is 24.3 Å². The van der Waals surface area contributed by atoms with E-state index in [0.29, 0.717) is 13.2 Å². The summed E-state index contributed by atoms with van der Waals surface area (Å²) >= 11 is 0. The highest BCUT2D eigenvalue weighted by atomic mass is 16.5. The highest BCUT2D eigenvalue weighted by molar-refractivity contribution is 5.82. The molecule has 0 aromatic heterocycles. The van der Waals surface area contributed by atoms with Crippen molar-refractivity contribution in [2.75, 3.05) is 19.8 Å². The predicted octanol–water partition coefficient (Wildman–Crippen LogP) is 2.23. The van der Waals surface area contributed by atoms with Crippen LogP contribution in [0.2, 0.25) is 0 Å². The number of benzene rings is 1. The lowest BCUT2D eigenvalue weighted by atomic mass is 10.0. The van der Waals surface area contributed by atoms with Gasteiger partial charge >= 0.3 is 0 Å². The van der Waals surface area contributed by atoms with Crippen molar-refractivity contribution in [1.29, 1.82) is 0 Å². The van der Waals surface area contributed by atoms with Crippen LogP contribution < -0.4 is 4.74 Å². The number of rotatable bonds is 5. The minimum absolute atomic E-state index is 0.0323. The van der Waals surface area contributed by atoms with Gasteiger partial charge in [-0.2, -0.15) is 0 Å². The lowest BCUT2D eigenvalue weighted by molar-refractivity contribution is -0.124. The highest BCUT2D eigenvalue weighted by Crippen LogP contribution is 2.16. The van der Waals surface area contributed by atoms with Crippen LogP contribution in [-0.2, 0) is 16.0 Å². The maximum absolute atomic E-state index is 11.7. The Morgan fingerprint density at radius 3 is 2.76 bits per heavy atom. The highest BCUT2D eigenvalue weighted by Gasteiger charge is 2.23. The van der Waals surface area contributed by atoms with Gasteiger partial charge < -0.3 is 9.47 Å². The standard InChI is InChI=1S/C14H18O3/c1-2-11-3-5-13(6-4-11)17-10-14(15)12-7-8-16-9-12/h3-6,12H,2,7-10H2,1H3. The maximum Gasteiger partial charge on any atom is 0.175 e. The fourth-order valence-electron chi connectivity index (χ4n) is 1.88. The molecular weight excluding hydrogens is 216 g/mol. The third kappa shape index (κ3) is 3.30. The Hall–Kier alpha value is -1.35. The molecule has 3 nitrogen and oxygen atoms in total. The lowest BCUT2D eigenvalue weighted by Crippen LogP contribution is -2.21. The molecule has 2 rings (SSSR count). The van der Waals surface area contributed by atoms with Crippen molar-refractivity contribution in [3.05, 3.63) is 29.8 Å². The summed E-state index contributed by atoms with van der Waals surface area (Å²) in [5.74, 6) is 0.932. The molecule has 1 aromatic rings. The Bertz CT molecular complexity index is 364. The topological polar surface area (TPSA) is 35.5 Å². The van der Waals surface area contributed by atoms with E-state index in [-0.39, 0.29) is 18.3 Å². The van der Waals surface area contributed by atoms with Gasteiger partial charge in [0, 0.05) is 12.5 Å². The first-order valence-electron chi connectivity index (χ1n) is 6.12. The van der Waals surface area contributed by atoms with Crippen molar-refractivity contribution in [1.82, 2.24) is 0 Å². The van der Waals surface area contributed by atoms with E-state index in [4.69, 9.17) is 9.47 Å². The zero-order valence-electron chi connectivity index (χ0n) is 10.1. The summed E-state index contributed by atoms with van der Waals surface area (Å²) in [6, 6.07) is 7.88. The number of ketones is 1. The molecule has 1 aromatic carbocycles. The van der Waals surface area contributed by atoms with Crippen molar-refractivity contribution in [2.45, 2.75) is 19.8 Å². The van der Waals surface area contributed by atoms with E-state index in [1.54, 1.807) is 0 Å². The SMILES string of the molecule is CCc1ccc(OCC(=O)C2CCOC2)cc1. The summed E-state index contributed by atoms with van der Waals surface area (Å²) in [5.41, 5.74) is 1.27. The minimum atomic E-state index is 0.0323. The van der Waals surface area contributed by atoms with Crippen LogP contribution in [0.4, 0.5) is 0 Å². The molecule has 1 unspecified atom stereocenters. The molecular formula is C14H18O3. The van der Waals surface area contributed by atoms with Gasteiger partial charge in [-0.3, -0.25) is 4.79 Å².